The highest BCUT2D eigenvalue weighted by Gasteiger charge is 2.27. The van der Waals surface area contributed by atoms with Crippen molar-refractivity contribution in [2.45, 2.75) is 39.3 Å². The highest BCUT2D eigenvalue weighted by Crippen LogP contribution is 2.08. The molecular weight excluding hydrogens is 314 g/mol. The molecule has 1 fully saturated rings. The molecule has 128 valence electrons. The van der Waals surface area contributed by atoms with Crippen LogP contribution >= 0.6 is 12.4 Å². The van der Waals surface area contributed by atoms with Crippen LogP contribution in [0.4, 0.5) is 0 Å². The Bertz CT molecular complexity index is 542. The molecule has 2 unspecified atom stereocenters. The monoisotopic (exact) mass is 339 g/mol. The first-order valence-corrected chi connectivity index (χ1v) is 7.86. The van der Waals surface area contributed by atoms with Crippen LogP contribution in [0, 0.1) is 12.8 Å². The quantitative estimate of drug-likeness (QED) is 0.764. The van der Waals surface area contributed by atoms with E-state index in [2.05, 4.69) is 16.0 Å². The van der Waals surface area contributed by atoms with Gasteiger partial charge in [0.2, 0.25) is 5.91 Å². The molecule has 6 heteroatoms. The first-order chi connectivity index (χ1) is 10.5. The number of carbonyl (C=O) groups is 2. The number of amides is 2. The maximum absolute atomic E-state index is 12.4. The average molecular weight is 340 g/mol. The summed E-state index contributed by atoms with van der Waals surface area (Å²) in [6.45, 7) is 7.53. The van der Waals surface area contributed by atoms with Crippen LogP contribution < -0.4 is 16.0 Å². The fourth-order valence-electron chi connectivity index (χ4n) is 2.61. The van der Waals surface area contributed by atoms with E-state index >= 15 is 0 Å². The van der Waals surface area contributed by atoms with Crippen molar-refractivity contribution in [1.29, 1.82) is 0 Å². The van der Waals surface area contributed by atoms with E-state index in [1.54, 1.807) is 6.07 Å². The van der Waals surface area contributed by atoms with Gasteiger partial charge in [-0.3, -0.25) is 9.59 Å². The highest BCUT2D eigenvalue weighted by atomic mass is 35.5. The van der Waals surface area contributed by atoms with E-state index in [0.717, 1.165) is 25.1 Å². The van der Waals surface area contributed by atoms with Crippen molar-refractivity contribution in [1.82, 2.24) is 16.0 Å². The van der Waals surface area contributed by atoms with Crippen molar-refractivity contribution in [3.05, 3.63) is 35.4 Å². The molecule has 23 heavy (non-hydrogen) atoms. The molecule has 0 radical (unpaired) electrons. The average Bonchev–Trinajstić information content (AvgIpc) is 2.96. The predicted molar refractivity (Wildman–Crippen MR) is 93.9 cm³/mol. The lowest BCUT2D eigenvalue weighted by Gasteiger charge is -2.23. The van der Waals surface area contributed by atoms with Crippen molar-refractivity contribution < 1.29 is 9.59 Å². The van der Waals surface area contributed by atoms with E-state index in [4.69, 9.17) is 0 Å². The molecule has 1 aliphatic rings. The molecule has 0 aromatic heterocycles. The van der Waals surface area contributed by atoms with Gasteiger partial charge in [0, 0.05) is 18.2 Å². The van der Waals surface area contributed by atoms with Crippen molar-refractivity contribution in [3.63, 3.8) is 0 Å². The van der Waals surface area contributed by atoms with Gasteiger partial charge in [-0.15, -0.1) is 12.4 Å². The number of carbonyl (C=O) groups excluding carboxylic acids is 2. The lowest BCUT2D eigenvalue weighted by atomic mass is 10.0. The molecule has 0 spiro atoms. The Morgan fingerprint density at radius 3 is 2.61 bits per heavy atom. The fraction of sp³-hybridized carbons (Fsp3) is 0.529. The molecule has 2 amide bonds. The summed E-state index contributed by atoms with van der Waals surface area (Å²) in [7, 11) is 0. The summed E-state index contributed by atoms with van der Waals surface area (Å²) in [4.78, 5) is 24.8. The topological polar surface area (TPSA) is 70.2 Å². The minimum absolute atomic E-state index is 0. The van der Waals surface area contributed by atoms with Crippen LogP contribution in [-0.2, 0) is 4.79 Å². The van der Waals surface area contributed by atoms with Crippen molar-refractivity contribution in [2.75, 3.05) is 13.1 Å². The zero-order valence-corrected chi connectivity index (χ0v) is 14.7. The van der Waals surface area contributed by atoms with E-state index < -0.39 is 6.04 Å². The molecule has 0 bridgehead atoms. The summed E-state index contributed by atoms with van der Waals surface area (Å²) >= 11 is 0. The number of nitrogens with one attached hydrogen (secondary N) is 3. The Kier molecular flexibility index (Phi) is 7.52. The number of aryl methyl sites for hydroxylation is 1. The van der Waals surface area contributed by atoms with Crippen LogP contribution in [0.25, 0.3) is 0 Å². The van der Waals surface area contributed by atoms with E-state index in [1.807, 2.05) is 39.0 Å². The SMILES string of the molecule is Cc1cccc(C(=O)NC(C(=O)NC2CCNC2)C(C)C)c1.Cl. The molecule has 2 atom stereocenters. The largest absolute Gasteiger partial charge is 0.350 e. The standard InChI is InChI=1S/C17H25N3O2.ClH/c1-11(2)15(17(22)19-14-7-8-18-10-14)20-16(21)13-6-4-5-12(3)9-13;/h4-6,9,11,14-15,18H,7-8,10H2,1-3H3,(H,19,22)(H,20,21);1H. The van der Waals surface area contributed by atoms with Gasteiger partial charge in [0.25, 0.3) is 5.91 Å². The van der Waals surface area contributed by atoms with Gasteiger partial charge in [-0.05, 0) is 37.9 Å². The first kappa shape index (κ1) is 19.5. The highest BCUT2D eigenvalue weighted by molar-refractivity contribution is 5.97. The number of rotatable bonds is 5. The molecule has 2 rings (SSSR count). The maximum atomic E-state index is 12.4. The van der Waals surface area contributed by atoms with Gasteiger partial charge >= 0.3 is 0 Å². The van der Waals surface area contributed by atoms with Gasteiger partial charge < -0.3 is 16.0 Å². The van der Waals surface area contributed by atoms with Gasteiger partial charge in [0.05, 0.1) is 0 Å². The van der Waals surface area contributed by atoms with Gasteiger partial charge in [-0.1, -0.05) is 31.5 Å². The Hall–Kier alpha value is -1.59. The molecule has 1 heterocycles. The molecule has 0 saturated carbocycles. The molecule has 1 aliphatic heterocycles. The van der Waals surface area contributed by atoms with Crippen LogP contribution in [0.5, 0.6) is 0 Å². The molecular formula is C17H26ClN3O2. The fourth-order valence-corrected chi connectivity index (χ4v) is 2.61. The third-order valence-corrected chi connectivity index (χ3v) is 3.92. The lowest BCUT2D eigenvalue weighted by Crippen LogP contribution is -2.52. The lowest BCUT2D eigenvalue weighted by molar-refractivity contribution is -0.124. The summed E-state index contributed by atoms with van der Waals surface area (Å²) in [5, 5.41) is 9.09. The molecule has 1 aromatic rings. The smallest absolute Gasteiger partial charge is 0.251 e. The summed E-state index contributed by atoms with van der Waals surface area (Å²) in [6.07, 6.45) is 0.933. The van der Waals surface area contributed by atoms with Crippen molar-refractivity contribution >= 4 is 24.2 Å². The number of halogens is 1. The molecule has 5 nitrogen and oxygen atoms in total. The number of hydrogen-bond donors (Lipinski definition) is 3. The third-order valence-electron chi connectivity index (χ3n) is 3.92. The molecule has 1 aromatic carbocycles. The van der Waals surface area contributed by atoms with E-state index in [0.29, 0.717) is 5.56 Å². The van der Waals surface area contributed by atoms with Gasteiger partial charge in [0.15, 0.2) is 0 Å². The summed E-state index contributed by atoms with van der Waals surface area (Å²) in [6, 6.07) is 7.01. The van der Waals surface area contributed by atoms with Gasteiger partial charge in [-0.2, -0.15) is 0 Å². The predicted octanol–water partition coefficient (Wildman–Crippen LogP) is 1.65. The second-order valence-electron chi connectivity index (χ2n) is 6.26. The van der Waals surface area contributed by atoms with E-state index in [1.165, 1.54) is 0 Å². The minimum Gasteiger partial charge on any atom is -0.350 e. The van der Waals surface area contributed by atoms with E-state index in [-0.39, 0.29) is 36.2 Å². The number of hydrogen-bond acceptors (Lipinski definition) is 3. The second kappa shape index (κ2) is 8.89. The zero-order valence-electron chi connectivity index (χ0n) is 13.9. The van der Waals surface area contributed by atoms with Crippen molar-refractivity contribution in [2.24, 2.45) is 5.92 Å². The minimum atomic E-state index is -0.520. The molecule has 0 aliphatic carbocycles. The van der Waals surface area contributed by atoms with Crippen LogP contribution in [0.15, 0.2) is 24.3 Å². The summed E-state index contributed by atoms with van der Waals surface area (Å²) < 4.78 is 0. The number of benzene rings is 1. The van der Waals surface area contributed by atoms with Crippen LogP contribution in [0.1, 0.15) is 36.2 Å². The normalized spacial score (nSPS) is 18.2. The van der Waals surface area contributed by atoms with Crippen molar-refractivity contribution in [3.8, 4) is 0 Å². The Morgan fingerprint density at radius 1 is 1.30 bits per heavy atom. The zero-order chi connectivity index (χ0) is 16.1. The van der Waals surface area contributed by atoms with Crippen LogP contribution in [0.3, 0.4) is 0 Å². The van der Waals surface area contributed by atoms with Crippen LogP contribution in [0.2, 0.25) is 0 Å². The second-order valence-corrected chi connectivity index (χ2v) is 6.26. The van der Waals surface area contributed by atoms with Crippen LogP contribution in [-0.4, -0.2) is 37.0 Å². The van der Waals surface area contributed by atoms with Gasteiger partial charge in [0.1, 0.15) is 6.04 Å². The van der Waals surface area contributed by atoms with E-state index in [9.17, 15) is 9.59 Å². The summed E-state index contributed by atoms with van der Waals surface area (Å²) in [5.74, 6) is -0.282. The van der Waals surface area contributed by atoms with Gasteiger partial charge in [-0.25, -0.2) is 0 Å². The Labute approximate surface area is 144 Å². The first-order valence-electron chi connectivity index (χ1n) is 7.86. The Morgan fingerprint density at radius 2 is 2.04 bits per heavy atom. The maximum Gasteiger partial charge on any atom is 0.251 e. The third kappa shape index (κ3) is 5.52. The molecule has 1 saturated heterocycles. The molecule has 3 N–H and O–H groups in total. The Balaban J connectivity index is 0.00000264. The summed E-state index contributed by atoms with van der Waals surface area (Å²) in [5.41, 5.74) is 1.61.